The molecule has 1 N–H and O–H groups in total. The minimum absolute atomic E-state index is 0.122. The van der Waals surface area contributed by atoms with E-state index in [0.717, 1.165) is 25.7 Å². The number of aliphatic hydroxyl groups is 1. The summed E-state index contributed by atoms with van der Waals surface area (Å²) in [5.41, 5.74) is -1.19. The SMILES string of the molecule is C=CC1(O)C(CCC)[C@H]2[C@H](C#C[C@@](C)(O[Si](C)(C)C(C)(C)C)C3CCC3)[C@@H](O[Si](C)(C)C(C)(C)C)CC[C@H]21. The van der Waals surface area contributed by atoms with E-state index in [1.165, 1.54) is 19.3 Å². The Labute approximate surface area is 238 Å². The summed E-state index contributed by atoms with van der Waals surface area (Å²) in [7, 11) is -3.98. The van der Waals surface area contributed by atoms with Crippen LogP contribution in [0.2, 0.25) is 36.3 Å². The third kappa shape index (κ3) is 5.82. The summed E-state index contributed by atoms with van der Waals surface area (Å²) in [5.74, 6) is 9.14. The fraction of sp³-hybridized carbons (Fsp3) is 0.879. The fourth-order valence-corrected chi connectivity index (χ4v) is 9.70. The van der Waals surface area contributed by atoms with E-state index in [1.54, 1.807) is 0 Å². The number of hydrogen-bond donors (Lipinski definition) is 1. The average Bonchev–Trinajstić information content (AvgIpc) is 2.72. The Kier molecular flexibility index (Phi) is 9.12. The second kappa shape index (κ2) is 10.8. The van der Waals surface area contributed by atoms with Gasteiger partial charge in [0.05, 0.1) is 11.7 Å². The molecule has 0 aliphatic heterocycles. The van der Waals surface area contributed by atoms with Crippen LogP contribution in [0.3, 0.4) is 0 Å². The van der Waals surface area contributed by atoms with Gasteiger partial charge in [0.1, 0.15) is 5.60 Å². The van der Waals surface area contributed by atoms with Crippen LogP contribution in [-0.4, -0.2) is 39.0 Å². The smallest absolute Gasteiger partial charge is 0.194 e. The van der Waals surface area contributed by atoms with E-state index >= 15 is 0 Å². The molecule has 0 spiro atoms. The summed E-state index contributed by atoms with van der Waals surface area (Å²) in [4.78, 5) is 0. The largest absolute Gasteiger partial charge is 0.413 e. The zero-order chi connectivity index (χ0) is 28.9. The Balaban J connectivity index is 2.04. The predicted octanol–water partition coefficient (Wildman–Crippen LogP) is 8.95. The number of hydrogen-bond acceptors (Lipinski definition) is 3. The lowest BCUT2D eigenvalue weighted by Gasteiger charge is -2.63. The van der Waals surface area contributed by atoms with Gasteiger partial charge in [-0.05, 0) is 99.0 Å². The average molecular weight is 561 g/mol. The van der Waals surface area contributed by atoms with Crippen molar-refractivity contribution in [2.24, 2.45) is 29.6 Å². The summed E-state index contributed by atoms with van der Waals surface area (Å²) in [6.07, 6.45) is 9.67. The van der Waals surface area contributed by atoms with Gasteiger partial charge >= 0.3 is 0 Å². The number of fused-ring (bicyclic) bond motifs is 1. The lowest BCUT2D eigenvalue weighted by molar-refractivity contribution is -0.208. The van der Waals surface area contributed by atoms with Crippen LogP contribution in [0.5, 0.6) is 0 Å². The molecule has 0 aromatic rings. The second-order valence-corrected chi connectivity index (χ2v) is 25.5. The van der Waals surface area contributed by atoms with Gasteiger partial charge in [-0.1, -0.05) is 79.2 Å². The standard InChI is InChI=1S/C33H60O3Si2/c1-14-17-26-29-25(22-23-32(9,24-18-16-19-24)36-38(12,13)31(6,7)8)28(35-37(10,11)30(3,4)5)21-20-27(29)33(26,34)15-2/h15,24-29,34H,2,14,16-21H2,1,3-13H3/t25-,26?,27-,28+,29-,32-,33?/m1/s1. The van der Waals surface area contributed by atoms with Gasteiger partial charge in [-0.25, -0.2) is 0 Å². The van der Waals surface area contributed by atoms with Crippen LogP contribution in [0.25, 0.3) is 0 Å². The van der Waals surface area contributed by atoms with Crippen LogP contribution >= 0.6 is 0 Å². The van der Waals surface area contributed by atoms with Gasteiger partial charge in [-0.15, -0.1) is 6.58 Å². The van der Waals surface area contributed by atoms with E-state index in [1.807, 2.05) is 6.08 Å². The molecule has 7 atom stereocenters. The van der Waals surface area contributed by atoms with Gasteiger partial charge < -0.3 is 14.0 Å². The highest BCUT2D eigenvalue weighted by Gasteiger charge is 2.64. The highest BCUT2D eigenvalue weighted by molar-refractivity contribution is 6.74. The highest BCUT2D eigenvalue weighted by atomic mass is 28.4. The molecule has 38 heavy (non-hydrogen) atoms. The normalized spacial score (nSPS) is 34.2. The van der Waals surface area contributed by atoms with E-state index < -0.39 is 27.8 Å². The van der Waals surface area contributed by atoms with Crippen molar-refractivity contribution in [3.63, 3.8) is 0 Å². The minimum atomic E-state index is -2.00. The van der Waals surface area contributed by atoms with Crippen molar-refractivity contribution in [2.75, 3.05) is 0 Å². The second-order valence-electron chi connectivity index (χ2n) is 16.1. The van der Waals surface area contributed by atoms with E-state index in [4.69, 9.17) is 8.85 Å². The van der Waals surface area contributed by atoms with Crippen LogP contribution in [0.4, 0.5) is 0 Å². The van der Waals surface area contributed by atoms with Crippen LogP contribution in [-0.2, 0) is 8.85 Å². The van der Waals surface area contributed by atoms with Crippen LogP contribution < -0.4 is 0 Å². The fourth-order valence-electron chi connectivity index (χ4n) is 6.74. The monoisotopic (exact) mass is 560 g/mol. The van der Waals surface area contributed by atoms with Gasteiger partial charge in [-0.2, -0.15) is 0 Å². The quantitative estimate of drug-likeness (QED) is 0.183. The number of rotatable bonds is 8. The Morgan fingerprint density at radius 2 is 1.53 bits per heavy atom. The Morgan fingerprint density at radius 3 is 1.97 bits per heavy atom. The summed E-state index contributed by atoms with van der Waals surface area (Å²) < 4.78 is 14.3. The Bertz CT molecular complexity index is 913. The van der Waals surface area contributed by atoms with Gasteiger partial charge in [0, 0.05) is 5.92 Å². The molecule has 218 valence electrons. The molecule has 3 aliphatic rings. The molecule has 3 fully saturated rings. The molecule has 5 heteroatoms. The maximum absolute atomic E-state index is 11.7. The van der Waals surface area contributed by atoms with Crippen LogP contribution in [0.1, 0.15) is 100 Å². The molecule has 0 aromatic heterocycles. The molecule has 0 amide bonds. The van der Waals surface area contributed by atoms with E-state index in [0.29, 0.717) is 11.8 Å². The van der Waals surface area contributed by atoms with Crippen molar-refractivity contribution in [3.8, 4) is 11.8 Å². The lowest BCUT2D eigenvalue weighted by atomic mass is 9.45. The summed E-state index contributed by atoms with van der Waals surface area (Å²) in [5, 5.41) is 12.0. The first kappa shape index (κ1) is 32.1. The molecule has 2 unspecified atom stereocenters. The lowest BCUT2D eigenvalue weighted by Crippen LogP contribution is -2.67. The first-order chi connectivity index (χ1) is 17.2. The Morgan fingerprint density at radius 1 is 0.947 bits per heavy atom. The zero-order valence-corrected chi connectivity index (χ0v) is 29.0. The molecule has 3 nitrogen and oxygen atoms in total. The summed E-state index contributed by atoms with van der Waals surface area (Å²) >= 11 is 0. The molecule has 0 heterocycles. The van der Waals surface area contributed by atoms with Gasteiger partial charge in [0.25, 0.3) is 0 Å². The maximum atomic E-state index is 11.7. The molecule has 0 radical (unpaired) electrons. The first-order valence-electron chi connectivity index (χ1n) is 15.5. The van der Waals surface area contributed by atoms with E-state index in [-0.39, 0.29) is 33.9 Å². The molecular weight excluding hydrogens is 501 g/mol. The maximum Gasteiger partial charge on any atom is 0.194 e. The molecule has 0 aromatic carbocycles. The minimum Gasteiger partial charge on any atom is -0.413 e. The van der Waals surface area contributed by atoms with Crippen molar-refractivity contribution in [2.45, 2.75) is 154 Å². The molecule has 0 bridgehead atoms. The van der Waals surface area contributed by atoms with Crippen molar-refractivity contribution >= 4 is 16.6 Å². The first-order valence-corrected chi connectivity index (χ1v) is 21.3. The van der Waals surface area contributed by atoms with Crippen molar-refractivity contribution in [1.82, 2.24) is 0 Å². The van der Waals surface area contributed by atoms with Gasteiger partial charge in [-0.3, -0.25) is 0 Å². The topological polar surface area (TPSA) is 38.7 Å². The van der Waals surface area contributed by atoms with Crippen LogP contribution in [0.15, 0.2) is 12.7 Å². The van der Waals surface area contributed by atoms with E-state index in [2.05, 4.69) is 100.0 Å². The van der Waals surface area contributed by atoms with Crippen molar-refractivity contribution in [1.29, 1.82) is 0 Å². The zero-order valence-electron chi connectivity index (χ0n) is 27.0. The summed E-state index contributed by atoms with van der Waals surface area (Å²) in [6.45, 7) is 32.0. The molecule has 0 saturated heterocycles. The predicted molar refractivity (Wildman–Crippen MR) is 167 cm³/mol. The third-order valence-electron chi connectivity index (χ3n) is 11.5. The van der Waals surface area contributed by atoms with Crippen molar-refractivity contribution in [3.05, 3.63) is 12.7 Å². The molecule has 3 aliphatic carbocycles. The van der Waals surface area contributed by atoms with Crippen LogP contribution in [0, 0.1) is 41.4 Å². The van der Waals surface area contributed by atoms with Gasteiger partial charge in [0.15, 0.2) is 16.6 Å². The van der Waals surface area contributed by atoms with Crippen molar-refractivity contribution < 1.29 is 14.0 Å². The molecule has 3 rings (SSSR count). The summed E-state index contributed by atoms with van der Waals surface area (Å²) in [6, 6.07) is 0. The molecular formula is C33H60O3Si2. The van der Waals surface area contributed by atoms with Gasteiger partial charge in [0.2, 0.25) is 0 Å². The molecule has 3 saturated carbocycles. The highest BCUT2D eigenvalue weighted by Crippen LogP contribution is 2.61. The van der Waals surface area contributed by atoms with E-state index in [9.17, 15) is 5.11 Å². The Hall–Kier alpha value is -0.386. The third-order valence-corrected chi connectivity index (χ3v) is 20.6.